The summed E-state index contributed by atoms with van der Waals surface area (Å²) < 4.78 is 0. The van der Waals surface area contributed by atoms with E-state index < -0.39 is 0 Å². The summed E-state index contributed by atoms with van der Waals surface area (Å²) in [5.41, 5.74) is 7.84. The van der Waals surface area contributed by atoms with Crippen molar-refractivity contribution in [2.45, 2.75) is 0 Å². The molecule has 0 aliphatic carbocycles. The van der Waals surface area contributed by atoms with Crippen LogP contribution in [-0.4, -0.2) is 9.97 Å². The van der Waals surface area contributed by atoms with Crippen molar-refractivity contribution in [3.05, 3.63) is 23.5 Å². The lowest BCUT2D eigenvalue weighted by Crippen LogP contribution is -1.86. The highest BCUT2D eigenvalue weighted by molar-refractivity contribution is 6.35. The highest BCUT2D eigenvalue weighted by Gasteiger charge is 2.03. The molecule has 3 N–H and O–H groups in total. The van der Waals surface area contributed by atoms with E-state index in [-0.39, 0.29) is 0 Å². The van der Waals surface area contributed by atoms with E-state index in [2.05, 4.69) is 9.97 Å². The molecule has 2 aromatic rings. The number of nitrogens with zero attached hydrogens (tertiary/aromatic N) is 1. The van der Waals surface area contributed by atoms with Gasteiger partial charge in [-0.1, -0.05) is 11.6 Å². The van der Waals surface area contributed by atoms with Gasteiger partial charge in [-0.05, 0) is 6.07 Å². The van der Waals surface area contributed by atoms with Gasteiger partial charge in [-0.2, -0.15) is 0 Å². The molecule has 0 unspecified atom stereocenters. The SMILES string of the molecule is Nc1ccnc2c(Cl)c[nH]c12. The molecule has 2 rings (SSSR count). The number of H-pyrrole nitrogens is 1. The molecule has 0 spiro atoms. The molecular formula is C7H6ClN3. The summed E-state index contributed by atoms with van der Waals surface area (Å²) >= 11 is 5.80. The molecule has 0 saturated heterocycles. The number of nitrogen functional groups attached to an aromatic ring is 1. The molecule has 56 valence electrons. The van der Waals surface area contributed by atoms with Crippen molar-refractivity contribution >= 4 is 28.3 Å². The van der Waals surface area contributed by atoms with Gasteiger partial charge in [-0.15, -0.1) is 0 Å². The zero-order valence-electron chi connectivity index (χ0n) is 5.63. The third-order valence-electron chi connectivity index (χ3n) is 1.55. The van der Waals surface area contributed by atoms with E-state index in [1.807, 2.05) is 0 Å². The molecule has 0 bridgehead atoms. The molecule has 0 atom stereocenters. The maximum Gasteiger partial charge on any atom is 0.109 e. The minimum Gasteiger partial charge on any atom is -0.397 e. The second-order valence-corrected chi connectivity index (χ2v) is 2.67. The number of pyridine rings is 1. The minimum absolute atomic E-state index is 0.604. The van der Waals surface area contributed by atoms with Gasteiger partial charge in [0, 0.05) is 12.4 Å². The molecule has 2 aromatic heterocycles. The Balaban J connectivity index is 2.94. The zero-order chi connectivity index (χ0) is 7.84. The van der Waals surface area contributed by atoms with E-state index in [0.717, 1.165) is 11.0 Å². The standard InChI is InChI=1S/C7H6ClN3/c8-4-3-11-7-5(9)1-2-10-6(4)7/h1-3,11H,(H2,9,10). The quantitative estimate of drug-likeness (QED) is 0.629. The van der Waals surface area contributed by atoms with Gasteiger partial charge in [0.2, 0.25) is 0 Å². The van der Waals surface area contributed by atoms with Crippen LogP contribution in [0.3, 0.4) is 0 Å². The van der Waals surface area contributed by atoms with Gasteiger partial charge < -0.3 is 10.7 Å². The van der Waals surface area contributed by atoms with Crippen LogP contribution < -0.4 is 5.73 Å². The van der Waals surface area contributed by atoms with E-state index in [9.17, 15) is 0 Å². The van der Waals surface area contributed by atoms with E-state index in [4.69, 9.17) is 17.3 Å². The van der Waals surface area contributed by atoms with Gasteiger partial charge in [0.15, 0.2) is 0 Å². The van der Waals surface area contributed by atoms with Crippen molar-refractivity contribution in [2.24, 2.45) is 0 Å². The minimum atomic E-state index is 0.604. The predicted molar refractivity (Wildman–Crippen MR) is 45.5 cm³/mol. The van der Waals surface area contributed by atoms with Crippen LogP contribution in [0.15, 0.2) is 18.5 Å². The van der Waals surface area contributed by atoms with Crippen molar-refractivity contribution < 1.29 is 0 Å². The first-order valence-electron chi connectivity index (χ1n) is 3.16. The molecule has 3 nitrogen and oxygen atoms in total. The fourth-order valence-electron chi connectivity index (χ4n) is 1.01. The topological polar surface area (TPSA) is 54.7 Å². The average molecular weight is 168 g/mol. The summed E-state index contributed by atoms with van der Waals surface area (Å²) in [7, 11) is 0. The van der Waals surface area contributed by atoms with Gasteiger partial charge in [0.1, 0.15) is 5.52 Å². The molecule has 0 aromatic carbocycles. The number of nitrogens with two attached hydrogens (primary N) is 1. The Labute approximate surface area is 68.2 Å². The number of aromatic nitrogens is 2. The lowest BCUT2D eigenvalue weighted by molar-refractivity contribution is 1.41. The van der Waals surface area contributed by atoms with Gasteiger partial charge in [0.25, 0.3) is 0 Å². The summed E-state index contributed by atoms with van der Waals surface area (Å²) in [6, 6.07) is 1.73. The van der Waals surface area contributed by atoms with Crippen LogP contribution in [-0.2, 0) is 0 Å². The van der Waals surface area contributed by atoms with Gasteiger partial charge in [-0.3, -0.25) is 4.98 Å². The fraction of sp³-hybridized carbons (Fsp3) is 0. The monoisotopic (exact) mass is 167 g/mol. The first kappa shape index (κ1) is 6.49. The van der Waals surface area contributed by atoms with Crippen LogP contribution in [0, 0.1) is 0 Å². The predicted octanol–water partition coefficient (Wildman–Crippen LogP) is 1.80. The van der Waals surface area contributed by atoms with Crippen molar-refractivity contribution in [1.82, 2.24) is 9.97 Å². The largest absolute Gasteiger partial charge is 0.397 e. The molecule has 0 saturated carbocycles. The molecule has 0 amide bonds. The van der Waals surface area contributed by atoms with Crippen LogP contribution in [0.25, 0.3) is 11.0 Å². The average Bonchev–Trinajstić information content (AvgIpc) is 2.35. The number of aromatic amines is 1. The second kappa shape index (κ2) is 2.13. The zero-order valence-corrected chi connectivity index (χ0v) is 6.39. The highest BCUT2D eigenvalue weighted by Crippen LogP contribution is 2.23. The fourth-order valence-corrected chi connectivity index (χ4v) is 1.21. The van der Waals surface area contributed by atoms with E-state index in [0.29, 0.717) is 10.7 Å². The molecule has 0 radical (unpaired) electrons. The number of hydrogen-bond acceptors (Lipinski definition) is 2. The lowest BCUT2D eigenvalue weighted by Gasteiger charge is -1.92. The molecule has 11 heavy (non-hydrogen) atoms. The molecule has 4 heteroatoms. The van der Waals surface area contributed by atoms with Crippen LogP contribution in [0.5, 0.6) is 0 Å². The number of rotatable bonds is 0. The third kappa shape index (κ3) is 0.851. The normalized spacial score (nSPS) is 10.6. The smallest absolute Gasteiger partial charge is 0.109 e. The maximum atomic E-state index is 5.80. The molecule has 0 fully saturated rings. The molecule has 0 aliphatic heterocycles. The molecule has 0 aliphatic rings. The Morgan fingerprint density at radius 2 is 2.36 bits per heavy atom. The molecular weight excluding hydrogens is 162 g/mol. The second-order valence-electron chi connectivity index (χ2n) is 2.26. The number of hydrogen-bond donors (Lipinski definition) is 2. The van der Waals surface area contributed by atoms with E-state index in [1.165, 1.54) is 0 Å². The Kier molecular flexibility index (Phi) is 1.26. The van der Waals surface area contributed by atoms with E-state index in [1.54, 1.807) is 18.5 Å². The summed E-state index contributed by atoms with van der Waals surface area (Å²) in [6.07, 6.45) is 3.31. The summed E-state index contributed by atoms with van der Waals surface area (Å²) in [6.45, 7) is 0. The van der Waals surface area contributed by atoms with Crippen LogP contribution >= 0.6 is 11.6 Å². The Morgan fingerprint density at radius 1 is 1.55 bits per heavy atom. The highest BCUT2D eigenvalue weighted by atomic mass is 35.5. The van der Waals surface area contributed by atoms with Gasteiger partial charge in [0.05, 0.1) is 16.2 Å². The van der Waals surface area contributed by atoms with Gasteiger partial charge >= 0.3 is 0 Å². The third-order valence-corrected chi connectivity index (χ3v) is 1.84. The lowest BCUT2D eigenvalue weighted by atomic mass is 10.3. The summed E-state index contributed by atoms with van der Waals surface area (Å²) in [5, 5.41) is 0.604. The number of nitrogens with one attached hydrogen (secondary N) is 1. The van der Waals surface area contributed by atoms with Crippen molar-refractivity contribution in [3.63, 3.8) is 0 Å². The Morgan fingerprint density at radius 3 is 3.09 bits per heavy atom. The Hall–Kier alpha value is -1.22. The van der Waals surface area contributed by atoms with Crippen LogP contribution in [0.4, 0.5) is 5.69 Å². The first-order chi connectivity index (χ1) is 5.29. The summed E-state index contributed by atoms with van der Waals surface area (Å²) in [4.78, 5) is 7.00. The van der Waals surface area contributed by atoms with Crippen LogP contribution in [0.2, 0.25) is 5.02 Å². The van der Waals surface area contributed by atoms with Crippen molar-refractivity contribution in [2.75, 3.05) is 5.73 Å². The van der Waals surface area contributed by atoms with Crippen molar-refractivity contribution in [1.29, 1.82) is 0 Å². The number of halogens is 1. The number of anilines is 1. The Bertz CT molecular complexity index is 393. The van der Waals surface area contributed by atoms with Crippen LogP contribution in [0.1, 0.15) is 0 Å². The maximum absolute atomic E-state index is 5.80. The molecule has 2 heterocycles. The summed E-state index contributed by atoms with van der Waals surface area (Å²) in [5.74, 6) is 0. The van der Waals surface area contributed by atoms with Crippen molar-refractivity contribution in [3.8, 4) is 0 Å². The first-order valence-corrected chi connectivity index (χ1v) is 3.54. The van der Waals surface area contributed by atoms with Gasteiger partial charge in [-0.25, -0.2) is 0 Å². The number of fused-ring (bicyclic) bond motifs is 1. The van der Waals surface area contributed by atoms with E-state index >= 15 is 0 Å².